The first-order valence-electron chi connectivity index (χ1n) is 9.73. The lowest BCUT2D eigenvalue weighted by Crippen LogP contribution is -2.20. The van der Waals surface area contributed by atoms with Gasteiger partial charge in [0.05, 0.1) is 23.4 Å². The lowest BCUT2D eigenvalue weighted by molar-refractivity contribution is 0.584. The fourth-order valence-electron chi connectivity index (χ4n) is 4.13. The number of nitrogens with zero attached hydrogens (tertiary/aromatic N) is 4. The molecule has 0 bridgehead atoms. The normalized spacial score (nSPS) is 15.9. The van der Waals surface area contributed by atoms with Crippen molar-refractivity contribution in [2.24, 2.45) is 0 Å². The number of hydrogen-bond donors (Lipinski definition) is 0. The highest BCUT2D eigenvalue weighted by Crippen LogP contribution is 2.45. The molecule has 6 heteroatoms. The lowest BCUT2D eigenvalue weighted by Gasteiger charge is -2.15. The predicted octanol–water partition coefficient (Wildman–Crippen LogP) is 5.11. The van der Waals surface area contributed by atoms with Crippen molar-refractivity contribution < 1.29 is 8.78 Å². The van der Waals surface area contributed by atoms with Gasteiger partial charge in [0.1, 0.15) is 17.5 Å². The minimum absolute atomic E-state index is 0.391. The SMILES string of the molecule is C=C1N(C)c2ccc(Cn3cnc(-c4cc(F)cc(F)c4)c3C3CC3)cc2N1C. The zero-order valence-corrected chi connectivity index (χ0v) is 16.5. The Kier molecular flexibility index (Phi) is 3.98. The molecule has 5 rings (SSSR count). The van der Waals surface area contributed by atoms with E-state index in [4.69, 9.17) is 0 Å². The average molecular weight is 392 g/mol. The fraction of sp³-hybridized carbons (Fsp3) is 0.261. The maximum absolute atomic E-state index is 13.8. The number of imidazole rings is 1. The molecule has 2 heterocycles. The number of halogens is 2. The van der Waals surface area contributed by atoms with E-state index < -0.39 is 11.6 Å². The number of benzene rings is 2. The minimum atomic E-state index is -0.581. The molecule has 2 aromatic carbocycles. The minimum Gasteiger partial charge on any atom is -0.330 e. The van der Waals surface area contributed by atoms with E-state index in [-0.39, 0.29) is 0 Å². The number of aromatic nitrogens is 2. The third-order valence-electron chi connectivity index (χ3n) is 5.87. The van der Waals surface area contributed by atoms with Gasteiger partial charge in [-0.1, -0.05) is 12.6 Å². The molecule has 0 saturated heterocycles. The summed E-state index contributed by atoms with van der Waals surface area (Å²) in [6.45, 7) is 4.78. The van der Waals surface area contributed by atoms with Gasteiger partial charge in [-0.3, -0.25) is 0 Å². The smallest absolute Gasteiger partial charge is 0.126 e. The van der Waals surface area contributed by atoms with E-state index in [2.05, 4.69) is 44.1 Å². The molecule has 0 atom stereocenters. The summed E-state index contributed by atoms with van der Waals surface area (Å²) in [5.74, 6) is 0.167. The van der Waals surface area contributed by atoms with E-state index in [1.54, 1.807) is 6.33 Å². The van der Waals surface area contributed by atoms with Crippen LogP contribution in [0.15, 0.2) is 55.1 Å². The molecule has 0 radical (unpaired) electrons. The third kappa shape index (κ3) is 2.99. The Hall–Kier alpha value is -3.15. The van der Waals surface area contributed by atoms with Gasteiger partial charge < -0.3 is 14.4 Å². The Morgan fingerprint density at radius 3 is 2.38 bits per heavy atom. The second kappa shape index (κ2) is 6.44. The maximum atomic E-state index is 13.8. The predicted molar refractivity (Wildman–Crippen MR) is 111 cm³/mol. The molecule has 1 aliphatic carbocycles. The molecule has 2 aliphatic rings. The highest BCUT2D eigenvalue weighted by Gasteiger charge is 2.31. The monoisotopic (exact) mass is 392 g/mol. The molecule has 3 aromatic rings. The Morgan fingerprint density at radius 2 is 1.69 bits per heavy atom. The molecule has 0 N–H and O–H groups in total. The standard InChI is InChI=1S/C23H22F2N4/c1-14-27(2)20-7-4-15(8-21(20)28(14)3)12-29-13-26-22(23(29)16-5-6-16)17-9-18(24)11-19(25)10-17/h4,7-11,13,16H,1,5-6,12H2,2-3H3. The molecule has 1 fully saturated rings. The summed E-state index contributed by atoms with van der Waals surface area (Å²) >= 11 is 0. The largest absolute Gasteiger partial charge is 0.330 e. The Bertz CT molecular complexity index is 1110. The molecule has 1 saturated carbocycles. The van der Waals surface area contributed by atoms with E-state index in [1.165, 1.54) is 12.1 Å². The zero-order chi connectivity index (χ0) is 20.3. The Labute approximate surface area is 168 Å². The first-order chi connectivity index (χ1) is 13.9. The van der Waals surface area contributed by atoms with E-state index >= 15 is 0 Å². The molecular weight excluding hydrogens is 370 g/mol. The third-order valence-corrected chi connectivity index (χ3v) is 5.87. The van der Waals surface area contributed by atoms with Crippen molar-refractivity contribution in [2.75, 3.05) is 23.9 Å². The summed E-state index contributed by atoms with van der Waals surface area (Å²) in [7, 11) is 4.02. The Balaban J connectivity index is 1.52. The van der Waals surface area contributed by atoms with Crippen LogP contribution in [0.25, 0.3) is 11.3 Å². The van der Waals surface area contributed by atoms with Gasteiger partial charge in [0, 0.05) is 43.9 Å². The summed E-state index contributed by atoms with van der Waals surface area (Å²) in [6, 6.07) is 9.99. The van der Waals surface area contributed by atoms with Crippen LogP contribution in [-0.2, 0) is 6.54 Å². The van der Waals surface area contributed by atoms with Gasteiger partial charge in [-0.2, -0.15) is 0 Å². The highest BCUT2D eigenvalue weighted by atomic mass is 19.1. The highest BCUT2D eigenvalue weighted by molar-refractivity contribution is 5.82. The van der Waals surface area contributed by atoms with Gasteiger partial charge in [0.25, 0.3) is 0 Å². The van der Waals surface area contributed by atoms with Crippen LogP contribution in [0.3, 0.4) is 0 Å². The number of rotatable bonds is 4. The van der Waals surface area contributed by atoms with E-state index in [1.807, 2.05) is 14.1 Å². The van der Waals surface area contributed by atoms with Crippen molar-refractivity contribution in [2.45, 2.75) is 25.3 Å². The first kappa shape index (κ1) is 17.9. The topological polar surface area (TPSA) is 24.3 Å². The van der Waals surface area contributed by atoms with Crippen LogP contribution in [0, 0.1) is 11.6 Å². The van der Waals surface area contributed by atoms with Crippen LogP contribution in [0.1, 0.15) is 30.0 Å². The molecule has 1 aliphatic heterocycles. The Morgan fingerprint density at radius 1 is 1.00 bits per heavy atom. The summed E-state index contributed by atoms with van der Waals surface area (Å²) in [4.78, 5) is 8.69. The molecule has 0 amide bonds. The second-order valence-corrected chi connectivity index (χ2v) is 7.90. The van der Waals surface area contributed by atoms with Gasteiger partial charge in [0.2, 0.25) is 0 Å². The van der Waals surface area contributed by atoms with Crippen molar-refractivity contribution in [3.05, 3.63) is 78.0 Å². The van der Waals surface area contributed by atoms with Crippen molar-refractivity contribution >= 4 is 11.4 Å². The summed E-state index contributed by atoms with van der Waals surface area (Å²) in [5, 5.41) is 0. The summed E-state index contributed by atoms with van der Waals surface area (Å²) in [6.07, 6.45) is 3.94. The zero-order valence-electron chi connectivity index (χ0n) is 16.5. The van der Waals surface area contributed by atoms with E-state index in [9.17, 15) is 8.78 Å². The number of hydrogen-bond acceptors (Lipinski definition) is 3. The fourth-order valence-corrected chi connectivity index (χ4v) is 4.13. The van der Waals surface area contributed by atoms with Crippen molar-refractivity contribution in [1.29, 1.82) is 0 Å². The molecule has 0 spiro atoms. The van der Waals surface area contributed by atoms with E-state index in [0.717, 1.165) is 47.4 Å². The van der Waals surface area contributed by atoms with Gasteiger partial charge in [-0.05, 0) is 42.7 Å². The summed E-state index contributed by atoms with van der Waals surface area (Å²) < 4.78 is 29.6. The van der Waals surface area contributed by atoms with Gasteiger partial charge in [-0.15, -0.1) is 0 Å². The first-order valence-corrected chi connectivity index (χ1v) is 9.73. The van der Waals surface area contributed by atoms with Gasteiger partial charge >= 0.3 is 0 Å². The molecule has 4 nitrogen and oxygen atoms in total. The van der Waals surface area contributed by atoms with Gasteiger partial charge in [0.15, 0.2) is 0 Å². The van der Waals surface area contributed by atoms with Crippen LogP contribution in [-0.4, -0.2) is 23.6 Å². The number of fused-ring (bicyclic) bond motifs is 1. The van der Waals surface area contributed by atoms with Gasteiger partial charge in [-0.25, -0.2) is 13.8 Å². The van der Waals surface area contributed by atoms with Crippen molar-refractivity contribution in [1.82, 2.24) is 9.55 Å². The quantitative estimate of drug-likeness (QED) is 0.617. The molecule has 0 unspecified atom stereocenters. The maximum Gasteiger partial charge on any atom is 0.126 e. The second-order valence-electron chi connectivity index (χ2n) is 7.90. The molecule has 1 aromatic heterocycles. The molecule has 29 heavy (non-hydrogen) atoms. The summed E-state index contributed by atoms with van der Waals surface area (Å²) in [5.41, 5.74) is 5.63. The van der Waals surface area contributed by atoms with Crippen LogP contribution < -0.4 is 9.80 Å². The molecule has 148 valence electrons. The average Bonchev–Trinajstić information content (AvgIpc) is 3.41. The lowest BCUT2D eigenvalue weighted by atomic mass is 10.1. The van der Waals surface area contributed by atoms with Crippen molar-refractivity contribution in [3.8, 4) is 11.3 Å². The van der Waals surface area contributed by atoms with Crippen LogP contribution >= 0.6 is 0 Å². The molecular formula is C23H22F2N4. The van der Waals surface area contributed by atoms with Crippen LogP contribution in [0.2, 0.25) is 0 Å². The van der Waals surface area contributed by atoms with E-state index in [0.29, 0.717) is 23.7 Å². The van der Waals surface area contributed by atoms with Crippen LogP contribution in [0.5, 0.6) is 0 Å². The van der Waals surface area contributed by atoms with Crippen LogP contribution in [0.4, 0.5) is 20.2 Å². The van der Waals surface area contributed by atoms with Crippen molar-refractivity contribution in [3.63, 3.8) is 0 Å². The number of anilines is 2.